The standard InChI is InChI=1S/C12H8F2N2OS/c13-8-2-1-3-9(11(8)14)17-10-6-7(12(15)18)4-5-16-10/h1-6H,(H2,15,18). The maximum atomic E-state index is 13.4. The van der Waals surface area contributed by atoms with Gasteiger partial charge >= 0.3 is 0 Å². The van der Waals surface area contributed by atoms with Gasteiger partial charge in [0.05, 0.1) is 0 Å². The lowest BCUT2D eigenvalue weighted by Crippen LogP contribution is -2.09. The summed E-state index contributed by atoms with van der Waals surface area (Å²) in [4.78, 5) is 4.03. The number of nitrogens with zero attached hydrogens (tertiary/aromatic N) is 1. The highest BCUT2D eigenvalue weighted by atomic mass is 32.1. The van der Waals surface area contributed by atoms with Crippen LogP contribution in [0.4, 0.5) is 8.78 Å². The van der Waals surface area contributed by atoms with Crippen LogP contribution in [0.2, 0.25) is 0 Å². The molecule has 0 spiro atoms. The van der Waals surface area contributed by atoms with Crippen LogP contribution in [0.5, 0.6) is 11.6 Å². The second-order valence-corrected chi connectivity index (χ2v) is 3.84. The van der Waals surface area contributed by atoms with E-state index in [-0.39, 0.29) is 16.6 Å². The molecule has 1 heterocycles. The third-order valence-corrected chi connectivity index (χ3v) is 2.39. The summed E-state index contributed by atoms with van der Waals surface area (Å²) in [5.74, 6) is -2.22. The van der Waals surface area contributed by atoms with E-state index >= 15 is 0 Å². The summed E-state index contributed by atoms with van der Waals surface area (Å²) >= 11 is 4.79. The SMILES string of the molecule is NC(=S)c1ccnc(Oc2cccc(F)c2F)c1. The molecule has 1 aromatic carbocycles. The molecule has 6 heteroatoms. The van der Waals surface area contributed by atoms with Crippen molar-refractivity contribution in [3.8, 4) is 11.6 Å². The molecule has 0 atom stereocenters. The van der Waals surface area contributed by atoms with Crippen molar-refractivity contribution in [2.24, 2.45) is 5.73 Å². The average molecular weight is 266 g/mol. The molecule has 0 aliphatic rings. The predicted molar refractivity (Wildman–Crippen MR) is 66.6 cm³/mol. The number of rotatable bonds is 3. The number of hydrogen-bond donors (Lipinski definition) is 1. The van der Waals surface area contributed by atoms with Crippen molar-refractivity contribution >= 4 is 17.2 Å². The number of aromatic nitrogens is 1. The van der Waals surface area contributed by atoms with E-state index in [0.717, 1.165) is 6.07 Å². The van der Waals surface area contributed by atoms with Crippen LogP contribution in [0.15, 0.2) is 36.5 Å². The number of pyridine rings is 1. The van der Waals surface area contributed by atoms with Gasteiger partial charge in [0, 0.05) is 17.8 Å². The summed E-state index contributed by atoms with van der Waals surface area (Å²) in [5, 5.41) is 0. The lowest BCUT2D eigenvalue weighted by atomic mass is 10.2. The minimum absolute atomic E-state index is 0.0878. The molecule has 0 unspecified atom stereocenters. The Balaban J connectivity index is 2.31. The summed E-state index contributed by atoms with van der Waals surface area (Å²) in [6.07, 6.45) is 1.42. The van der Waals surface area contributed by atoms with Crippen LogP contribution in [-0.4, -0.2) is 9.97 Å². The Labute approximate surface area is 107 Å². The number of nitrogens with two attached hydrogens (primary N) is 1. The third-order valence-electron chi connectivity index (χ3n) is 2.15. The van der Waals surface area contributed by atoms with Crippen molar-refractivity contribution in [2.75, 3.05) is 0 Å². The van der Waals surface area contributed by atoms with Crippen molar-refractivity contribution in [3.05, 3.63) is 53.7 Å². The van der Waals surface area contributed by atoms with Gasteiger partial charge in [-0.3, -0.25) is 0 Å². The van der Waals surface area contributed by atoms with Gasteiger partial charge in [0.2, 0.25) is 11.7 Å². The fraction of sp³-hybridized carbons (Fsp3) is 0. The van der Waals surface area contributed by atoms with Crippen molar-refractivity contribution in [1.82, 2.24) is 4.98 Å². The van der Waals surface area contributed by atoms with Gasteiger partial charge in [-0.1, -0.05) is 18.3 Å². The largest absolute Gasteiger partial charge is 0.436 e. The Hall–Kier alpha value is -2.08. The van der Waals surface area contributed by atoms with E-state index in [1.54, 1.807) is 6.07 Å². The van der Waals surface area contributed by atoms with E-state index in [2.05, 4.69) is 4.98 Å². The summed E-state index contributed by atoms with van der Waals surface area (Å²) in [6.45, 7) is 0. The lowest BCUT2D eigenvalue weighted by Gasteiger charge is -2.07. The molecule has 0 saturated heterocycles. The minimum atomic E-state index is -1.07. The van der Waals surface area contributed by atoms with E-state index in [9.17, 15) is 8.78 Å². The molecule has 0 aliphatic heterocycles. The second-order valence-electron chi connectivity index (χ2n) is 3.40. The summed E-state index contributed by atoms with van der Waals surface area (Å²) < 4.78 is 31.5. The zero-order valence-electron chi connectivity index (χ0n) is 9.06. The summed E-state index contributed by atoms with van der Waals surface area (Å²) in [7, 11) is 0. The first-order valence-corrected chi connectivity index (χ1v) is 5.36. The predicted octanol–water partition coefficient (Wildman–Crippen LogP) is 2.79. The quantitative estimate of drug-likeness (QED) is 0.868. The third kappa shape index (κ3) is 2.60. The molecule has 0 saturated carbocycles. The highest BCUT2D eigenvalue weighted by Crippen LogP contribution is 2.24. The molecule has 2 rings (SSSR count). The highest BCUT2D eigenvalue weighted by molar-refractivity contribution is 7.80. The van der Waals surface area contributed by atoms with Gasteiger partial charge in [0.15, 0.2) is 11.6 Å². The van der Waals surface area contributed by atoms with Crippen LogP contribution >= 0.6 is 12.2 Å². The van der Waals surface area contributed by atoms with Crippen LogP contribution in [0, 0.1) is 11.6 Å². The molecule has 18 heavy (non-hydrogen) atoms. The fourth-order valence-electron chi connectivity index (χ4n) is 1.29. The Kier molecular flexibility index (Phi) is 3.47. The maximum Gasteiger partial charge on any atom is 0.220 e. The molecule has 0 aliphatic carbocycles. The lowest BCUT2D eigenvalue weighted by molar-refractivity contribution is 0.405. The van der Waals surface area contributed by atoms with Crippen LogP contribution in [0.3, 0.4) is 0 Å². The number of halogens is 2. The van der Waals surface area contributed by atoms with Gasteiger partial charge in [-0.15, -0.1) is 0 Å². The highest BCUT2D eigenvalue weighted by Gasteiger charge is 2.10. The molecule has 2 N–H and O–H groups in total. The molecule has 1 aromatic heterocycles. The molecular formula is C12H8F2N2OS. The molecule has 3 nitrogen and oxygen atoms in total. The Morgan fingerprint density at radius 2 is 2.06 bits per heavy atom. The van der Waals surface area contributed by atoms with E-state index < -0.39 is 11.6 Å². The summed E-state index contributed by atoms with van der Waals surface area (Å²) in [6, 6.07) is 6.68. The number of thiocarbonyl (C=S) groups is 1. The van der Waals surface area contributed by atoms with Gasteiger partial charge in [-0.05, 0) is 18.2 Å². The zero-order valence-corrected chi connectivity index (χ0v) is 9.88. The van der Waals surface area contributed by atoms with Gasteiger partial charge in [-0.25, -0.2) is 9.37 Å². The topological polar surface area (TPSA) is 48.1 Å². The molecule has 0 amide bonds. The monoisotopic (exact) mass is 266 g/mol. The Bertz CT molecular complexity index is 604. The smallest absolute Gasteiger partial charge is 0.220 e. The van der Waals surface area contributed by atoms with Gasteiger partial charge in [-0.2, -0.15) is 4.39 Å². The van der Waals surface area contributed by atoms with E-state index in [4.69, 9.17) is 22.7 Å². The van der Waals surface area contributed by atoms with Crippen LogP contribution in [0.1, 0.15) is 5.56 Å². The van der Waals surface area contributed by atoms with Crippen molar-refractivity contribution in [3.63, 3.8) is 0 Å². The van der Waals surface area contributed by atoms with E-state index in [1.165, 1.54) is 24.4 Å². The molecular weight excluding hydrogens is 258 g/mol. The molecule has 0 bridgehead atoms. The number of benzene rings is 1. The second kappa shape index (κ2) is 5.05. The molecule has 92 valence electrons. The normalized spacial score (nSPS) is 10.1. The van der Waals surface area contributed by atoms with E-state index in [1.807, 2.05) is 0 Å². The molecule has 0 fully saturated rings. The first kappa shape index (κ1) is 12.4. The first-order chi connectivity index (χ1) is 8.58. The summed E-state index contributed by atoms with van der Waals surface area (Å²) in [5.41, 5.74) is 5.98. The molecule has 2 aromatic rings. The van der Waals surface area contributed by atoms with E-state index in [0.29, 0.717) is 5.56 Å². The average Bonchev–Trinajstić information content (AvgIpc) is 2.35. The Morgan fingerprint density at radius 3 is 2.78 bits per heavy atom. The number of hydrogen-bond acceptors (Lipinski definition) is 3. The van der Waals surface area contributed by atoms with Crippen LogP contribution in [-0.2, 0) is 0 Å². The fourth-order valence-corrected chi connectivity index (χ4v) is 1.42. The van der Waals surface area contributed by atoms with Crippen molar-refractivity contribution < 1.29 is 13.5 Å². The van der Waals surface area contributed by atoms with Gasteiger partial charge < -0.3 is 10.5 Å². The van der Waals surface area contributed by atoms with Gasteiger partial charge in [0.1, 0.15) is 4.99 Å². The zero-order chi connectivity index (χ0) is 13.1. The minimum Gasteiger partial charge on any atom is -0.436 e. The maximum absolute atomic E-state index is 13.4. The first-order valence-electron chi connectivity index (χ1n) is 4.95. The number of ether oxygens (including phenoxy) is 1. The Morgan fingerprint density at radius 1 is 1.28 bits per heavy atom. The van der Waals surface area contributed by atoms with Crippen molar-refractivity contribution in [2.45, 2.75) is 0 Å². The molecule has 0 radical (unpaired) electrons. The van der Waals surface area contributed by atoms with Gasteiger partial charge in [0.25, 0.3) is 0 Å². The van der Waals surface area contributed by atoms with Crippen LogP contribution < -0.4 is 10.5 Å². The van der Waals surface area contributed by atoms with Crippen molar-refractivity contribution in [1.29, 1.82) is 0 Å². The van der Waals surface area contributed by atoms with Crippen LogP contribution in [0.25, 0.3) is 0 Å².